The van der Waals surface area contributed by atoms with Gasteiger partial charge in [-0.1, -0.05) is 12.1 Å². The fraction of sp³-hybridized carbons (Fsp3) is 0.300. The van der Waals surface area contributed by atoms with E-state index in [1.54, 1.807) is 19.2 Å². The molecular formula is C10H12BrNO3. The predicted octanol–water partition coefficient (Wildman–Crippen LogP) is 1.41. The van der Waals surface area contributed by atoms with Gasteiger partial charge in [0.1, 0.15) is 11.8 Å². The Bertz CT molecular complexity index is 368. The first-order valence-corrected chi connectivity index (χ1v) is 5.15. The lowest BCUT2D eigenvalue weighted by Crippen LogP contribution is -2.32. The number of aliphatic carboxylic acids is 1. The van der Waals surface area contributed by atoms with Gasteiger partial charge >= 0.3 is 5.97 Å². The number of carboxylic acids is 1. The molecule has 1 unspecified atom stereocenters. The predicted molar refractivity (Wildman–Crippen MR) is 60.0 cm³/mol. The first-order valence-electron chi connectivity index (χ1n) is 4.36. The van der Waals surface area contributed by atoms with Gasteiger partial charge in [-0.3, -0.25) is 4.79 Å². The zero-order valence-corrected chi connectivity index (χ0v) is 9.82. The van der Waals surface area contributed by atoms with Crippen molar-refractivity contribution in [2.75, 3.05) is 7.11 Å². The minimum Gasteiger partial charge on any atom is -0.496 e. The van der Waals surface area contributed by atoms with Crippen LogP contribution in [0.1, 0.15) is 5.56 Å². The van der Waals surface area contributed by atoms with E-state index in [0.29, 0.717) is 5.75 Å². The molecule has 0 saturated carbocycles. The molecular weight excluding hydrogens is 262 g/mol. The van der Waals surface area contributed by atoms with Crippen molar-refractivity contribution in [1.82, 2.24) is 0 Å². The number of carbonyl (C=O) groups is 1. The number of carboxylic acid groups (broad SMARTS) is 1. The number of halogens is 1. The van der Waals surface area contributed by atoms with E-state index in [2.05, 4.69) is 15.9 Å². The highest BCUT2D eigenvalue weighted by atomic mass is 79.9. The summed E-state index contributed by atoms with van der Waals surface area (Å²) in [6, 6.07) is 4.51. The van der Waals surface area contributed by atoms with Crippen LogP contribution in [0.4, 0.5) is 0 Å². The Morgan fingerprint density at radius 1 is 1.67 bits per heavy atom. The third-order valence-corrected chi connectivity index (χ3v) is 2.92. The van der Waals surface area contributed by atoms with Crippen LogP contribution in [0.25, 0.3) is 0 Å². The standard InChI is InChI=1S/C10H12BrNO3/c1-15-8-4-2-3-6(9(8)11)5-7(12)10(13)14/h2-4,7H,5,12H2,1H3,(H,13,14). The van der Waals surface area contributed by atoms with E-state index in [-0.39, 0.29) is 6.42 Å². The smallest absolute Gasteiger partial charge is 0.320 e. The summed E-state index contributed by atoms with van der Waals surface area (Å²) in [5.41, 5.74) is 6.27. The molecule has 82 valence electrons. The van der Waals surface area contributed by atoms with Crippen LogP contribution in [0.3, 0.4) is 0 Å². The monoisotopic (exact) mass is 273 g/mol. The van der Waals surface area contributed by atoms with E-state index in [9.17, 15) is 4.79 Å². The van der Waals surface area contributed by atoms with E-state index >= 15 is 0 Å². The topological polar surface area (TPSA) is 72.5 Å². The fourth-order valence-corrected chi connectivity index (χ4v) is 1.78. The van der Waals surface area contributed by atoms with Crippen LogP contribution in [-0.4, -0.2) is 24.2 Å². The minimum atomic E-state index is -1.01. The maximum Gasteiger partial charge on any atom is 0.320 e. The molecule has 0 amide bonds. The Hall–Kier alpha value is -1.07. The average Bonchev–Trinajstić information content (AvgIpc) is 2.21. The number of hydrogen-bond donors (Lipinski definition) is 2. The molecule has 0 bridgehead atoms. The van der Waals surface area contributed by atoms with Crippen molar-refractivity contribution >= 4 is 21.9 Å². The summed E-state index contributed by atoms with van der Waals surface area (Å²) in [7, 11) is 1.56. The van der Waals surface area contributed by atoms with Crippen molar-refractivity contribution in [3.63, 3.8) is 0 Å². The molecule has 0 heterocycles. The lowest BCUT2D eigenvalue weighted by Gasteiger charge is -2.10. The summed E-state index contributed by atoms with van der Waals surface area (Å²) in [6.45, 7) is 0. The van der Waals surface area contributed by atoms with Crippen LogP contribution in [0.15, 0.2) is 22.7 Å². The normalized spacial score (nSPS) is 12.2. The second kappa shape index (κ2) is 5.14. The summed E-state index contributed by atoms with van der Waals surface area (Å²) in [5.74, 6) is -0.338. The molecule has 0 radical (unpaired) electrons. The van der Waals surface area contributed by atoms with E-state index in [4.69, 9.17) is 15.6 Å². The molecule has 1 aromatic carbocycles. The van der Waals surface area contributed by atoms with Crippen LogP contribution in [0.5, 0.6) is 5.75 Å². The maximum absolute atomic E-state index is 10.6. The largest absolute Gasteiger partial charge is 0.496 e. The van der Waals surface area contributed by atoms with Gasteiger partial charge in [-0.05, 0) is 34.0 Å². The average molecular weight is 274 g/mol. The molecule has 0 aliphatic rings. The summed E-state index contributed by atoms with van der Waals surface area (Å²) in [5, 5.41) is 8.69. The Kier molecular flexibility index (Phi) is 4.11. The van der Waals surface area contributed by atoms with E-state index < -0.39 is 12.0 Å². The van der Waals surface area contributed by atoms with Gasteiger partial charge in [-0.25, -0.2) is 0 Å². The summed E-state index contributed by atoms with van der Waals surface area (Å²) < 4.78 is 5.85. The number of rotatable bonds is 4. The van der Waals surface area contributed by atoms with E-state index in [1.165, 1.54) is 0 Å². The van der Waals surface area contributed by atoms with Crippen LogP contribution in [-0.2, 0) is 11.2 Å². The number of ether oxygens (including phenoxy) is 1. The third kappa shape index (κ3) is 2.94. The highest BCUT2D eigenvalue weighted by Gasteiger charge is 2.15. The number of benzene rings is 1. The lowest BCUT2D eigenvalue weighted by atomic mass is 10.1. The molecule has 1 rings (SSSR count). The molecule has 1 atom stereocenters. The van der Waals surface area contributed by atoms with Crippen molar-refractivity contribution in [1.29, 1.82) is 0 Å². The number of nitrogens with two attached hydrogens (primary N) is 1. The van der Waals surface area contributed by atoms with Gasteiger partial charge in [0.15, 0.2) is 0 Å². The molecule has 4 nitrogen and oxygen atoms in total. The number of methoxy groups -OCH3 is 1. The minimum absolute atomic E-state index is 0.271. The summed E-state index contributed by atoms with van der Waals surface area (Å²) >= 11 is 3.35. The van der Waals surface area contributed by atoms with Gasteiger partial charge in [-0.15, -0.1) is 0 Å². The summed E-state index contributed by atoms with van der Waals surface area (Å²) in [6.07, 6.45) is 0.271. The molecule has 3 N–H and O–H groups in total. The van der Waals surface area contributed by atoms with Gasteiger partial charge in [0.25, 0.3) is 0 Å². The molecule has 0 aliphatic heterocycles. The molecule has 0 aromatic heterocycles. The van der Waals surface area contributed by atoms with E-state index in [1.807, 2.05) is 6.07 Å². The van der Waals surface area contributed by atoms with Gasteiger partial charge in [0, 0.05) is 0 Å². The fourth-order valence-electron chi connectivity index (χ4n) is 1.20. The first-order chi connectivity index (χ1) is 7.06. The van der Waals surface area contributed by atoms with Crippen molar-refractivity contribution in [3.05, 3.63) is 28.2 Å². The zero-order valence-electron chi connectivity index (χ0n) is 8.24. The molecule has 15 heavy (non-hydrogen) atoms. The van der Waals surface area contributed by atoms with Crippen molar-refractivity contribution in [2.24, 2.45) is 5.73 Å². The highest BCUT2D eigenvalue weighted by molar-refractivity contribution is 9.10. The van der Waals surface area contributed by atoms with Gasteiger partial charge in [0.05, 0.1) is 11.6 Å². The summed E-state index contributed by atoms with van der Waals surface area (Å²) in [4.78, 5) is 10.6. The molecule has 1 aromatic rings. The van der Waals surface area contributed by atoms with Crippen molar-refractivity contribution in [3.8, 4) is 5.75 Å². The first kappa shape index (κ1) is 12.0. The van der Waals surface area contributed by atoms with Crippen molar-refractivity contribution < 1.29 is 14.6 Å². The van der Waals surface area contributed by atoms with Crippen LogP contribution in [0, 0.1) is 0 Å². The molecule has 0 aliphatic carbocycles. The second-order valence-electron chi connectivity index (χ2n) is 3.08. The Morgan fingerprint density at radius 2 is 2.33 bits per heavy atom. The lowest BCUT2D eigenvalue weighted by molar-refractivity contribution is -0.138. The van der Waals surface area contributed by atoms with Crippen LogP contribution < -0.4 is 10.5 Å². The molecule has 0 saturated heterocycles. The zero-order chi connectivity index (χ0) is 11.4. The van der Waals surface area contributed by atoms with Crippen LogP contribution in [0.2, 0.25) is 0 Å². The Morgan fingerprint density at radius 3 is 2.87 bits per heavy atom. The van der Waals surface area contributed by atoms with Crippen LogP contribution >= 0.6 is 15.9 Å². The Balaban J connectivity index is 2.90. The molecule has 0 spiro atoms. The molecule has 5 heteroatoms. The number of hydrogen-bond acceptors (Lipinski definition) is 3. The second-order valence-corrected chi connectivity index (χ2v) is 3.88. The van der Waals surface area contributed by atoms with Crippen molar-refractivity contribution in [2.45, 2.75) is 12.5 Å². The van der Waals surface area contributed by atoms with Gasteiger partial charge in [-0.2, -0.15) is 0 Å². The quantitative estimate of drug-likeness (QED) is 0.870. The SMILES string of the molecule is COc1cccc(CC(N)C(=O)O)c1Br. The van der Waals surface area contributed by atoms with Gasteiger partial charge < -0.3 is 15.6 Å². The Labute approximate surface area is 96.2 Å². The maximum atomic E-state index is 10.6. The highest BCUT2D eigenvalue weighted by Crippen LogP contribution is 2.28. The van der Waals surface area contributed by atoms with E-state index in [0.717, 1.165) is 10.0 Å². The third-order valence-electron chi connectivity index (χ3n) is 2.02. The van der Waals surface area contributed by atoms with Gasteiger partial charge in [0.2, 0.25) is 0 Å². The molecule has 0 fully saturated rings.